The topological polar surface area (TPSA) is 78.8 Å². The fraction of sp³-hybridized carbons (Fsp3) is 0.318. The van der Waals surface area contributed by atoms with E-state index in [2.05, 4.69) is 5.32 Å². The fourth-order valence-electron chi connectivity index (χ4n) is 2.54. The van der Waals surface area contributed by atoms with E-state index in [4.69, 9.17) is 4.74 Å². The van der Waals surface area contributed by atoms with Gasteiger partial charge >= 0.3 is 5.97 Å². The van der Waals surface area contributed by atoms with Crippen LogP contribution >= 0.6 is 0 Å². The third-order valence-electron chi connectivity index (χ3n) is 3.83. The van der Waals surface area contributed by atoms with Crippen molar-refractivity contribution in [3.8, 4) is 5.75 Å². The van der Waals surface area contributed by atoms with Gasteiger partial charge in [0.2, 0.25) is 0 Å². The van der Waals surface area contributed by atoms with Gasteiger partial charge < -0.3 is 20.3 Å². The first-order valence-corrected chi connectivity index (χ1v) is 8.91. The molecule has 2 rings (SSSR count). The summed E-state index contributed by atoms with van der Waals surface area (Å²) in [5.74, 6) is -0.498. The van der Waals surface area contributed by atoms with Crippen LogP contribution in [0.15, 0.2) is 60.7 Å². The zero-order valence-corrected chi connectivity index (χ0v) is 16.0. The third-order valence-corrected chi connectivity index (χ3v) is 3.83. The first-order chi connectivity index (χ1) is 12.8. The summed E-state index contributed by atoms with van der Waals surface area (Å²) in [6.07, 6.45) is 0.496. The van der Waals surface area contributed by atoms with Crippen LogP contribution in [0.5, 0.6) is 5.75 Å². The van der Waals surface area contributed by atoms with Crippen molar-refractivity contribution in [2.75, 3.05) is 13.2 Å². The minimum atomic E-state index is -1.03. The van der Waals surface area contributed by atoms with Gasteiger partial charge in [-0.15, -0.1) is 0 Å². The highest BCUT2D eigenvalue weighted by Crippen LogP contribution is 2.31. The smallest absolute Gasteiger partial charge is 0.328 e. The largest absolute Gasteiger partial charge is 0.490 e. The average molecular weight is 369 g/mol. The lowest BCUT2D eigenvalue weighted by atomic mass is 9.96. The Labute approximate surface area is 160 Å². The summed E-state index contributed by atoms with van der Waals surface area (Å²) >= 11 is 0. The number of para-hydroxylation sites is 1. The number of carboxylic acids is 1. The van der Waals surface area contributed by atoms with Gasteiger partial charge in [0.25, 0.3) is 0 Å². The zero-order chi connectivity index (χ0) is 19.9. The molecule has 144 valence electrons. The van der Waals surface area contributed by atoms with Crippen molar-refractivity contribution >= 4 is 11.5 Å². The van der Waals surface area contributed by atoms with Crippen LogP contribution in [0.2, 0.25) is 0 Å². The summed E-state index contributed by atoms with van der Waals surface area (Å²) in [7, 11) is 0. The molecular formula is C22H27NO4. The number of hydrogen-bond donors (Lipinski definition) is 3. The molecule has 0 spiro atoms. The van der Waals surface area contributed by atoms with Crippen molar-refractivity contribution in [1.82, 2.24) is 5.32 Å². The van der Waals surface area contributed by atoms with Gasteiger partial charge in [0.05, 0.1) is 0 Å². The molecule has 0 aliphatic heterocycles. The van der Waals surface area contributed by atoms with Crippen LogP contribution in [0.1, 0.15) is 31.9 Å². The van der Waals surface area contributed by atoms with Crippen molar-refractivity contribution in [3.05, 3.63) is 71.8 Å². The van der Waals surface area contributed by atoms with E-state index < -0.39 is 12.1 Å². The number of aliphatic hydroxyl groups excluding tert-OH is 1. The molecule has 0 saturated heterocycles. The first-order valence-electron chi connectivity index (χ1n) is 8.91. The molecule has 2 aromatic rings. The summed E-state index contributed by atoms with van der Waals surface area (Å²) in [4.78, 5) is 11.3. The van der Waals surface area contributed by atoms with E-state index in [-0.39, 0.29) is 12.1 Å². The molecule has 0 aliphatic carbocycles. The summed E-state index contributed by atoms with van der Waals surface area (Å²) < 4.78 is 5.82. The van der Waals surface area contributed by atoms with Crippen molar-refractivity contribution in [1.29, 1.82) is 0 Å². The van der Waals surface area contributed by atoms with Gasteiger partial charge in [0.15, 0.2) is 0 Å². The molecular weight excluding hydrogens is 342 g/mol. The number of ether oxygens (including phenoxy) is 1. The highest BCUT2D eigenvalue weighted by molar-refractivity contribution is 5.96. The Morgan fingerprint density at radius 3 is 2.37 bits per heavy atom. The molecule has 1 unspecified atom stereocenters. The van der Waals surface area contributed by atoms with Gasteiger partial charge in [-0.1, -0.05) is 48.5 Å². The molecule has 5 nitrogen and oxygen atoms in total. The predicted molar refractivity (Wildman–Crippen MR) is 107 cm³/mol. The molecule has 0 aromatic heterocycles. The highest BCUT2D eigenvalue weighted by Gasteiger charge is 2.15. The lowest BCUT2D eigenvalue weighted by Gasteiger charge is -2.23. The number of benzene rings is 2. The normalized spacial score (nSPS) is 13.3. The van der Waals surface area contributed by atoms with Crippen LogP contribution < -0.4 is 10.1 Å². The molecule has 2 aromatic carbocycles. The molecule has 0 bridgehead atoms. The van der Waals surface area contributed by atoms with Gasteiger partial charge in [-0.3, -0.25) is 0 Å². The van der Waals surface area contributed by atoms with Crippen LogP contribution in [-0.2, 0) is 4.79 Å². The van der Waals surface area contributed by atoms with E-state index in [0.717, 1.165) is 5.56 Å². The minimum absolute atomic E-state index is 0.0937. The average Bonchev–Trinajstić information content (AvgIpc) is 2.63. The van der Waals surface area contributed by atoms with E-state index in [9.17, 15) is 15.0 Å². The van der Waals surface area contributed by atoms with Gasteiger partial charge in [-0.2, -0.15) is 0 Å². The quantitative estimate of drug-likeness (QED) is 0.622. The number of aliphatic hydroxyl groups is 1. The molecule has 0 fully saturated rings. The van der Waals surface area contributed by atoms with E-state index in [1.54, 1.807) is 6.07 Å². The molecule has 0 radical (unpaired) electrons. The second-order valence-corrected chi connectivity index (χ2v) is 7.35. The number of aliphatic carboxylic acids is 1. The van der Waals surface area contributed by atoms with E-state index in [1.807, 2.05) is 69.3 Å². The third kappa shape index (κ3) is 6.89. The second-order valence-electron chi connectivity index (χ2n) is 7.35. The van der Waals surface area contributed by atoms with E-state index in [0.29, 0.717) is 23.4 Å². The fourth-order valence-corrected chi connectivity index (χ4v) is 2.54. The zero-order valence-electron chi connectivity index (χ0n) is 16.0. The molecule has 0 amide bonds. The standard InChI is InChI=1S/C22H27NO4/c1-22(2,3)23-14-17(24)15-27-20-12-8-7-11-18(20)19(13-21(25)26)16-9-5-4-6-10-16/h4-13,17,23-24H,14-15H2,1-3H3,(H,25,26)/b19-13-. The van der Waals surface area contributed by atoms with Crippen LogP contribution in [0.3, 0.4) is 0 Å². The second kappa shape index (κ2) is 9.35. The van der Waals surface area contributed by atoms with Gasteiger partial charge in [0.1, 0.15) is 18.5 Å². The number of β-amino-alcohol motifs (C(OH)–C–C–N with tert-alkyl or cyclic N) is 1. The number of rotatable bonds is 8. The molecule has 0 aliphatic rings. The maximum atomic E-state index is 11.3. The van der Waals surface area contributed by atoms with Crippen LogP contribution in [0, 0.1) is 0 Å². The molecule has 0 heterocycles. The van der Waals surface area contributed by atoms with Crippen LogP contribution in [0.4, 0.5) is 0 Å². The van der Waals surface area contributed by atoms with Crippen LogP contribution in [0.25, 0.3) is 5.57 Å². The lowest BCUT2D eigenvalue weighted by molar-refractivity contribution is -0.131. The van der Waals surface area contributed by atoms with Crippen molar-refractivity contribution in [2.45, 2.75) is 32.4 Å². The lowest BCUT2D eigenvalue weighted by Crippen LogP contribution is -2.42. The van der Waals surface area contributed by atoms with Crippen LogP contribution in [-0.4, -0.2) is 41.0 Å². The number of hydrogen-bond acceptors (Lipinski definition) is 4. The van der Waals surface area contributed by atoms with Crippen molar-refractivity contribution in [3.63, 3.8) is 0 Å². The Hall–Kier alpha value is -2.63. The summed E-state index contributed by atoms with van der Waals surface area (Å²) in [6, 6.07) is 16.5. The molecule has 0 saturated carbocycles. The summed E-state index contributed by atoms with van der Waals surface area (Å²) in [6.45, 7) is 6.59. The summed E-state index contributed by atoms with van der Waals surface area (Å²) in [5.41, 5.74) is 1.91. The van der Waals surface area contributed by atoms with Crippen molar-refractivity contribution < 1.29 is 19.7 Å². The first kappa shape index (κ1) is 20.7. The van der Waals surface area contributed by atoms with Crippen molar-refractivity contribution in [2.24, 2.45) is 0 Å². The Balaban J connectivity index is 2.22. The SMILES string of the molecule is CC(C)(C)NCC(O)COc1ccccc1/C(=C\C(=O)O)c1ccccc1. The highest BCUT2D eigenvalue weighted by atomic mass is 16.5. The molecule has 3 N–H and O–H groups in total. The number of nitrogens with one attached hydrogen (secondary N) is 1. The van der Waals surface area contributed by atoms with Gasteiger partial charge in [0, 0.05) is 23.7 Å². The predicted octanol–water partition coefficient (Wildman–Crippen LogP) is 3.33. The number of carbonyl (C=O) groups is 1. The number of carboxylic acid groups (broad SMARTS) is 1. The minimum Gasteiger partial charge on any atom is -0.490 e. The van der Waals surface area contributed by atoms with Gasteiger partial charge in [-0.25, -0.2) is 4.79 Å². The molecule has 27 heavy (non-hydrogen) atoms. The summed E-state index contributed by atoms with van der Waals surface area (Å²) in [5, 5.41) is 22.7. The van der Waals surface area contributed by atoms with Gasteiger partial charge in [-0.05, 0) is 38.0 Å². The Bertz CT molecular complexity index is 778. The Morgan fingerprint density at radius 2 is 1.74 bits per heavy atom. The molecule has 5 heteroatoms. The van der Waals surface area contributed by atoms with E-state index in [1.165, 1.54) is 6.08 Å². The maximum absolute atomic E-state index is 11.3. The Morgan fingerprint density at radius 1 is 1.11 bits per heavy atom. The Kier molecular flexibility index (Phi) is 7.16. The monoisotopic (exact) mass is 369 g/mol. The van der Waals surface area contributed by atoms with E-state index >= 15 is 0 Å². The maximum Gasteiger partial charge on any atom is 0.328 e. The molecule has 1 atom stereocenters.